The summed E-state index contributed by atoms with van der Waals surface area (Å²) in [5, 5.41) is 3.25. The molecule has 1 aromatic rings. The molecule has 1 aliphatic rings. The Hall–Kier alpha value is -0.890. The Bertz CT molecular complexity index is 303. The molecule has 1 unspecified atom stereocenters. The van der Waals surface area contributed by atoms with Gasteiger partial charge in [0.25, 0.3) is 0 Å². The monoisotopic (exact) mass is 207 g/mol. The minimum absolute atomic E-state index is 0.143. The van der Waals surface area contributed by atoms with Crippen molar-refractivity contribution in [2.45, 2.75) is 19.3 Å². The van der Waals surface area contributed by atoms with E-state index in [-0.39, 0.29) is 5.82 Å². The lowest BCUT2D eigenvalue weighted by Gasteiger charge is -2.15. The lowest BCUT2D eigenvalue weighted by atomic mass is 9.95. The van der Waals surface area contributed by atoms with E-state index in [2.05, 4.69) is 5.32 Å². The van der Waals surface area contributed by atoms with Gasteiger partial charge in [0.15, 0.2) is 0 Å². The average Bonchev–Trinajstić information content (AvgIpc) is 3.04. The standard InChI is InChI=1S/C13H18FN/c1-15-9-12(11-4-5-11)8-10-2-6-13(14)7-3-10/h2-3,6-7,11-12,15H,4-5,8-9H2,1H3. The Morgan fingerprint density at radius 3 is 2.53 bits per heavy atom. The molecule has 0 bridgehead atoms. The van der Waals surface area contributed by atoms with E-state index in [0.717, 1.165) is 24.8 Å². The third kappa shape index (κ3) is 3.03. The van der Waals surface area contributed by atoms with E-state index in [1.165, 1.54) is 18.4 Å². The highest BCUT2D eigenvalue weighted by Gasteiger charge is 2.30. The minimum Gasteiger partial charge on any atom is -0.319 e. The predicted octanol–water partition coefficient (Wildman–Crippen LogP) is 2.61. The first-order valence-corrected chi connectivity index (χ1v) is 5.68. The molecule has 0 radical (unpaired) electrons. The molecule has 1 saturated carbocycles. The van der Waals surface area contributed by atoms with E-state index in [1.54, 1.807) is 12.1 Å². The summed E-state index contributed by atoms with van der Waals surface area (Å²) in [7, 11) is 2.00. The zero-order valence-corrected chi connectivity index (χ0v) is 9.17. The highest BCUT2D eigenvalue weighted by molar-refractivity contribution is 5.17. The Morgan fingerprint density at radius 2 is 2.00 bits per heavy atom. The van der Waals surface area contributed by atoms with Crippen molar-refractivity contribution in [2.24, 2.45) is 11.8 Å². The Labute approximate surface area is 90.7 Å². The number of rotatable bonds is 5. The van der Waals surface area contributed by atoms with Crippen molar-refractivity contribution in [1.82, 2.24) is 5.32 Å². The van der Waals surface area contributed by atoms with E-state index < -0.39 is 0 Å². The van der Waals surface area contributed by atoms with Gasteiger partial charge in [-0.05, 0) is 62.4 Å². The molecular weight excluding hydrogens is 189 g/mol. The molecule has 0 spiro atoms. The fraction of sp³-hybridized carbons (Fsp3) is 0.538. The van der Waals surface area contributed by atoms with E-state index in [1.807, 2.05) is 19.2 Å². The van der Waals surface area contributed by atoms with Crippen LogP contribution in [0, 0.1) is 17.7 Å². The maximum Gasteiger partial charge on any atom is 0.123 e. The maximum atomic E-state index is 12.7. The number of benzene rings is 1. The van der Waals surface area contributed by atoms with E-state index in [0.29, 0.717) is 0 Å². The van der Waals surface area contributed by atoms with Gasteiger partial charge in [0.1, 0.15) is 5.82 Å². The van der Waals surface area contributed by atoms with Crippen LogP contribution < -0.4 is 5.32 Å². The second-order valence-corrected chi connectivity index (χ2v) is 4.49. The van der Waals surface area contributed by atoms with E-state index in [9.17, 15) is 4.39 Å². The summed E-state index contributed by atoms with van der Waals surface area (Å²) in [6.07, 6.45) is 3.81. The summed E-state index contributed by atoms with van der Waals surface area (Å²) in [6.45, 7) is 1.07. The third-order valence-corrected chi connectivity index (χ3v) is 3.17. The fourth-order valence-electron chi connectivity index (χ4n) is 2.16. The van der Waals surface area contributed by atoms with Gasteiger partial charge in [-0.2, -0.15) is 0 Å². The number of hydrogen-bond acceptors (Lipinski definition) is 1. The van der Waals surface area contributed by atoms with Gasteiger partial charge in [-0.1, -0.05) is 12.1 Å². The molecule has 1 N–H and O–H groups in total. The molecular formula is C13H18FN. The van der Waals surface area contributed by atoms with Gasteiger partial charge in [0.2, 0.25) is 0 Å². The topological polar surface area (TPSA) is 12.0 Å². The van der Waals surface area contributed by atoms with Crippen LogP contribution in [-0.2, 0) is 6.42 Å². The number of hydrogen-bond donors (Lipinski definition) is 1. The molecule has 2 heteroatoms. The van der Waals surface area contributed by atoms with Crippen molar-refractivity contribution < 1.29 is 4.39 Å². The van der Waals surface area contributed by atoms with Crippen molar-refractivity contribution >= 4 is 0 Å². The molecule has 1 nitrogen and oxygen atoms in total. The highest BCUT2D eigenvalue weighted by Crippen LogP contribution is 2.38. The van der Waals surface area contributed by atoms with Crippen LogP contribution in [0.3, 0.4) is 0 Å². The average molecular weight is 207 g/mol. The molecule has 15 heavy (non-hydrogen) atoms. The molecule has 1 atom stereocenters. The summed E-state index contributed by atoms with van der Waals surface area (Å²) >= 11 is 0. The van der Waals surface area contributed by atoms with Gasteiger partial charge in [-0.25, -0.2) is 4.39 Å². The van der Waals surface area contributed by atoms with Crippen LogP contribution in [0.5, 0.6) is 0 Å². The zero-order chi connectivity index (χ0) is 10.7. The highest BCUT2D eigenvalue weighted by atomic mass is 19.1. The molecule has 0 amide bonds. The smallest absolute Gasteiger partial charge is 0.123 e. The van der Waals surface area contributed by atoms with Crippen LogP contribution >= 0.6 is 0 Å². The van der Waals surface area contributed by atoms with Gasteiger partial charge in [-0.15, -0.1) is 0 Å². The van der Waals surface area contributed by atoms with Crippen LogP contribution in [0.25, 0.3) is 0 Å². The molecule has 1 aromatic carbocycles. The first-order chi connectivity index (χ1) is 7.29. The number of nitrogens with one attached hydrogen (secondary N) is 1. The first-order valence-electron chi connectivity index (χ1n) is 5.68. The zero-order valence-electron chi connectivity index (χ0n) is 9.17. The van der Waals surface area contributed by atoms with Crippen LogP contribution in [-0.4, -0.2) is 13.6 Å². The van der Waals surface area contributed by atoms with Crippen LogP contribution in [0.4, 0.5) is 4.39 Å². The summed E-state index contributed by atoms with van der Waals surface area (Å²) in [4.78, 5) is 0. The minimum atomic E-state index is -0.143. The molecule has 0 heterocycles. The molecule has 0 saturated heterocycles. The Morgan fingerprint density at radius 1 is 1.33 bits per heavy atom. The SMILES string of the molecule is CNCC(Cc1ccc(F)cc1)C1CC1. The van der Waals surface area contributed by atoms with Gasteiger partial charge < -0.3 is 5.32 Å². The second-order valence-electron chi connectivity index (χ2n) is 4.49. The van der Waals surface area contributed by atoms with E-state index >= 15 is 0 Å². The molecule has 1 aliphatic carbocycles. The van der Waals surface area contributed by atoms with Crippen molar-refractivity contribution in [3.05, 3.63) is 35.6 Å². The predicted molar refractivity (Wildman–Crippen MR) is 60.2 cm³/mol. The normalized spacial score (nSPS) is 17.7. The van der Waals surface area contributed by atoms with Gasteiger partial charge >= 0.3 is 0 Å². The van der Waals surface area contributed by atoms with Gasteiger partial charge in [-0.3, -0.25) is 0 Å². The van der Waals surface area contributed by atoms with Crippen LogP contribution in [0.1, 0.15) is 18.4 Å². The summed E-state index contributed by atoms with van der Waals surface area (Å²) in [5.41, 5.74) is 1.25. The molecule has 1 fully saturated rings. The summed E-state index contributed by atoms with van der Waals surface area (Å²) < 4.78 is 12.7. The van der Waals surface area contributed by atoms with Crippen LogP contribution in [0.2, 0.25) is 0 Å². The maximum absolute atomic E-state index is 12.7. The van der Waals surface area contributed by atoms with E-state index in [4.69, 9.17) is 0 Å². The van der Waals surface area contributed by atoms with Gasteiger partial charge in [0, 0.05) is 0 Å². The Balaban J connectivity index is 1.95. The van der Waals surface area contributed by atoms with Crippen molar-refractivity contribution in [3.63, 3.8) is 0 Å². The molecule has 82 valence electrons. The third-order valence-electron chi connectivity index (χ3n) is 3.17. The summed E-state index contributed by atoms with van der Waals surface area (Å²) in [5.74, 6) is 1.47. The van der Waals surface area contributed by atoms with Crippen LogP contribution in [0.15, 0.2) is 24.3 Å². The van der Waals surface area contributed by atoms with Crippen molar-refractivity contribution in [2.75, 3.05) is 13.6 Å². The summed E-state index contributed by atoms with van der Waals surface area (Å²) in [6, 6.07) is 6.91. The largest absolute Gasteiger partial charge is 0.319 e. The molecule has 2 rings (SSSR count). The van der Waals surface area contributed by atoms with Crippen molar-refractivity contribution in [1.29, 1.82) is 0 Å². The Kier molecular flexibility index (Phi) is 3.37. The fourth-order valence-corrected chi connectivity index (χ4v) is 2.16. The van der Waals surface area contributed by atoms with Gasteiger partial charge in [0.05, 0.1) is 0 Å². The molecule has 0 aliphatic heterocycles. The molecule has 0 aromatic heterocycles. The van der Waals surface area contributed by atoms with Crippen molar-refractivity contribution in [3.8, 4) is 0 Å². The first kappa shape index (κ1) is 10.6. The second kappa shape index (κ2) is 4.75. The number of halogens is 1. The lowest BCUT2D eigenvalue weighted by Crippen LogP contribution is -2.22. The lowest BCUT2D eigenvalue weighted by molar-refractivity contribution is 0.439. The quantitative estimate of drug-likeness (QED) is 0.782.